The van der Waals surface area contributed by atoms with Crippen LogP contribution in [-0.2, 0) is 11.2 Å². The van der Waals surface area contributed by atoms with Gasteiger partial charge in [-0.2, -0.15) is 0 Å². The minimum Gasteiger partial charge on any atom is -0.496 e. The Kier molecular flexibility index (Phi) is 5.83. The fourth-order valence-electron chi connectivity index (χ4n) is 3.19. The Morgan fingerprint density at radius 1 is 1.32 bits per heavy atom. The van der Waals surface area contributed by atoms with E-state index in [2.05, 4.69) is 11.4 Å². The maximum absolute atomic E-state index is 12.0. The first-order chi connectivity index (χ1) is 10.5. The Hall–Kier alpha value is -1.55. The lowest BCUT2D eigenvalue weighted by molar-refractivity contribution is -0.127. The number of aliphatic hydroxyl groups is 1. The zero-order valence-electron chi connectivity index (χ0n) is 13.7. The first kappa shape index (κ1) is 16.8. The molecule has 1 saturated carbocycles. The minimum atomic E-state index is -0.788. The second kappa shape index (κ2) is 7.63. The lowest BCUT2D eigenvalue weighted by Gasteiger charge is -2.31. The first-order valence-corrected chi connectivity index (χ1v) is 8.15. The van der Waals surface area contributed by atoms with E-state index < -0.39 is 5.60 Å². The van der Waals surface area contributed by atoms with Crippen molar-refractivity contribution < 1.29 is 14.6 Å². The van der Waals surface area contributed by atoms with E-state index in [9.17, 15) is 9.90 Å². The maximum atomic E-state index is 12.0. The largest absolute Gasteiger partial charge is 0.496 e. The van der Waals surface area contributed by atoms with Gasteiger partial charge in [-0.05, 0) is 37.8 Å². The number of hydrogen-bond acceptors (Lipinski definition) is 3. The molecule has 22 heavy (non-hydrogen) atoms. The molecule has 1 fully saturated rings. The van der Waals surface area contributed by atoms with Crippen LogP contribution in [0.15, 0.2) is 18.2 Å². The van der Waals surface area contributed by atoms with Crippen LogP contribution in [0.25, 0.3) is 0 Å². The number of benzene rings is 1. The van der Waals surface area contributed by atoms with Gasteiger partial charge in [0.15, 0.2) is 0 Å². The molecule has 0 atom stereocenters. The first-order valence-electron chi connectivity index (χ1n) is 8.15. The van der Waals surface area contributed by atoms with Gasteiger partial charge in [0.2, 0.25) is 5.91 Å². The topological polar surface area (TPSA) is 58.6 Å². The van der Waals surface area contributed by atoms with Gasteiger partial charge in [-0.1, -0.05) is 37.0 Å². The van der Waals surface area contributed by atoms with E-state index in [0.29, 0.717) is 6.54 Å². The molecule has 1 aliphatic carbocycles. The van der Waals surface area contributed by atoms with Gasteiger partial charge in [-0.25, -0.2) is 0 Å². The summed E-state index contributed by atoms with van der Waals surface area (Å²) in [7, 11) is 1.66. The Labute approximate surface area is 132 Å². The van der Waals surface area contributed by atoms with E-state index in [4.69, 9.17) is 4.74 Å². The van der Waals surface area contributed by atoms with Crippen molar-refractivity contribution in [3.8, 4) is 5.75 Å². The molecule has 1 aliphatic rings. The predicted molar refractivity (Wildman–Crippen MR) is 87.1 cm³/mol. The third kappa shape index (κ3) is 4.73. The molecule has 122 valence electrons. The molecule has 0 unspecified atom stereocenters. The van der Waals surface area contributed by atoms with E-state index in [1.54, 1.807) is 7.11 Å². The molecule has 1 amide bonds. The molecule has 1 aromatic rings. The number of aryl methyl sites for hydroxylation is 1. The summed E-state index contributed by atoms with van der Waals surface area (Å²) in [6, 6.07) is 6.05. The van der Waals surface area contributed by atoms with Crippen LogP contribution < -0.4 is 10.1 Å². The Bertz CT molecular complexity index is 507. The zero-order valence-corrected chi connectivity index (χ0v) is 13.7. The molecule has 0 spiro atoms. The molecular formula is C18H27NO3. The van der Waals surface area contributed by atoms with Crippen molar-refractivity contribution in [2.45, 2.75) is 57.5 Å². The number of carbonyl (C=O) groups is 1. The van der Waals surface area contributed by atoms with Gasteiger partial charge in [-0.15, -0.1) is 0 Å². The van der Waals surface area contributed by atoms with E-state index in [-0.39, 0.29) is 12.3 Å². The molecule has 0 saturated heterocycles. The highest BCUT2D eigenvalue weighted by molar-refractivity contribution is 5.77. The van der Waals surface area contributed by atoms with Crippen LogP contribution in [-0.4, -0.2) is 30.3 Å². The molecule has 4 heteroatoms. The van der Waals surface area contributed by atoms with Gasteiger partial charge < -0.3 is 15.2 Å². The summed E-state index contributed by atoms with van der Waals surface area (Å²) < 4.78 is 5.34. The molecule has 0 bridgehead atoms. The van der Waals surface area contributed by atoms with Crippen molar-refractivity contribution in [1.29, 1.82) is 0 Å². The quantitative estimate of drug-likeness (QED) is 0.849. The van der Waals surface area contributed by atoms with Crippen molar-refractivity contribution in [1.82, 2.24) is 5.32 Å². The molecule has 2 N–H and O–H groups in total. The van der Waals surface area contributed by atoms with Crippen LogP contribution in [0.3, 0.4) is 0 Å². The molecular weight excluding hydrogens is 278 g/mol. The summed E-state index contributed by atoms with van der Waals surface area (Å²) in [5.41, 5.74) is 1.49. The SMILES string of the molecule is COc1ccc(C)cc1CCNC(=O)CC1(O)CCCCC1. The summed E-state index contributed by atoms with van der Waals surface area (Å²) in [5.74, 6) is 0.793. The molecule has 2 rings (SSSR count). The monoisotopic (exact) mass is 305 g/mol. The minimum absolute atomic E-state index is 0.0592. The van der Waals surface area contributed by atoms with Crippen LogP contribution in [0.5, 0.6) is 5.75 Å². The number of hydrogen-bond donors (Lipinski definition) is 2. The van der Waals surface area contributed by atoms with Crippen LogP contribution in [0, 0.1) is 6.92 Å². The Balaban J connectivity index is 1.81. The third-order valence-electron chi connectivity index (χ3n) is 4.43. The number of rotatable bonds is 6. The van der Waals surface area contributed by atoms with E-state index in [1.807, 2.05) is 19.1 Å². The van der Waals surface area contributed by atoms with Gasteiger partial charge in [0, 0.05) is 6.54 Å². The summed E-state index contributed by atoms with van der Waals surface area (Å²) >= 11 is 0. The average molecular weight is 305 g/mol. The van der Waals surface area contributed by atoms with Gasteiger partial charge in [0.1, 0.15) is 5.75 Å². The second-order valence-corrected chi connectivity index (χ2v) is 6.38. The van der Waals surface area contributed by atoms with Gasteiger partial charge in [0.05, 0.1) is 19.1 Å². The Morgan fingerprint density at radius 2 is 2.05 bits per heavy atom. The van der Waals surface area contributed by atoms with Crippen LogP contribution in [0.4, 0.5) is 0 Å². The number of nitrogens with one attached hydrogen (secondary N) is 1. The molecule has 0 heterocycles. The molecule has 0 aliphatic heterocycles. The Morgan fingerprint density at radius 3 is 2.73 bits per heavy atom. The molecule has 0 radical (unpaired) electrons. The lowest BCUT2D eigenvalue weighted by Crippen LogP contribution is -2.38. The number of carbonyl (C=O) groups excluding carboxylic acids is 1. The van der Waals surface area contributed by atoms with Crippen molar-refractivity contribution in [2.24, 2.45) is 0 Å². The van der Waals surface area contributed by atoms with Gasteiger partial charge in [0.25, 0.3) is 0 Å². The molecule has 0 aromatic heterocycles. The second-order valence-electron chi connectivity index (χ2n) is 6.38. The highest BCUT2D eigenvalue weighted by atomic mass is 16.5. The standard InChI is InChI=1S/C18H27NO3/c1-14-6-7-16(22-2)15(12-14)8-11-19-17(20)13-18(21)9-4-3-5-10-18/h6-7,12,21H,3-5,8-11,13H2,1-2H3,(H,19,20). The highest BCUT2D eigenvalue weighted by Gasteiger charge is 2.31. The van der Waals surface area contributed by atoms with Gasteiger partial charge >= 0.3 is 0 Å². The van der Waals surface area contributed by atoms with Crippen LogP contribution >= 0.6 is 0 Å². The summed E-state index contributed by atoms with van der Waals surface area (Å²) in [6.07, 6.45) is 5.64. The fraction of sp³-hybridized carbons (Fsp3) is 0.611. The number of methoxy groups -OCH3 is 1. The summed E-state index contributed by atoms with van der Waals surface area (Å²) in [6.45, 7) is 2.61. The maximum Gasteiger partial charge on any atom is 0.222 e. The van der Waals surface area contributed by atoms with Crippen molar-refractivity contribution in [2.75, 3.05) is 13.7 Å². The van der Waals surface area contributed by atoms with Crippen LogP contribution in [0.1, 0.15) is 49.7 Å². The van der Waals surface area contributed by atoms with E-state index >= 15 is 0 Å². The van der Waals surface area contributed by atoms with E-state index in [1.165, 1.54) is 5.56 Å². The summed E-state index contributed by atoms with van der Waals surface area (Å²) in [4.78, 5) is 12.0. The van der Waals surface area contributed by atoms with Gasteiger partial charge in [-0.3, -0.25) is 4.79 Å². The zero-order chi connectivity index (χ0) is 16.0. The van der Waals surface area contributed by atoms with Crippen molar-refractivity contribution in [3.63, 3.8) is 0 Å². The van der Waals surface area contributed by atoms with E-state index in [0.717, 1.165) is 49.8 Å². The van der Waals surface area contributed by atoms with Crippen molar-refractivity contribution in [3.05, 3.63) is 29.3 Å². The number of ether oxygens (including phenoxy) is 1. The molecule has 4 nitrogen and oxygen atoms in total. The average Bonchev–Trinajstić information content (AvgIpc) is 2.47. The summed E-state index contributed by atoms with van der Waals surface area (Å²) in [5, 5.41) is 13.3. The van der Waals surface area contributed by atoms with Crippen molar-refractivity contribution >= 4 is 5.91 Å². The predicted octanol–water partition coefficient (Wildman–Crippen LogP) is 2.75. The fourth-order valence-corrected chi connectivity index (χ4v) is 3.19. The van der Waals surface area contributed by atoms with Crippen LogP contribution in [0.2, 0.25) is 0 Å². The highest BCUT2D eigenvalue weighted by Crippen LogP contribution is 2.30. The number of amides is 1. The third-order valence-corrected chi connectivity index (χ3v) is 4.43. The smallest absolute Gasteiger partial charge is 0.222 e. The lowest BCUT2D eigenvalue weighted by atomic mass is 9.82. The molecule has 1 aromatic carbocycles. The normalized spacial score (nSPS) is 17.0.